The van der Waals surface area contributed by atoms with Crippen LogP contribution in [0.3, 0.4) is 0 Å². The van der Waals surface area contributed by atoms with Crippen LogP contribution in [0, 0.1) is 5.41 Å². The molecule has 0 saturated carbocycles. The van der Waals surface area contributed by atoms with Gasteiger partial charge in [0.05, 0.1) is 17.3 Å². The van der Waals surface area contributed by atoms with Crippen LogP contribution >= 0.6 is 12.2 Å². The minimum atomic E-state index is -0.797. The lowest BCUT2D eigenvalue weighted by Crippen LogP contribution is -2.52. The van der Waals surface area contributed by atoms with Gasteiger partial charge in [0, 0.05) is 13.2 Å². The molecule has 5 nitrogen and oxygen atoms in total. The molecule has 1 aromatic rings. The fourth-order valence-corrected chi connectivity index (χ4v) is 2.55. The van der Waals surface area contributed by atoms with Crippen molar-refractivity contribution < 1.29 is 13.9 Å². The predicted octanol–water partition coefficient (Wildman–Crippen LogP) is 1.54. The third kappa shape index (κ3) is 2.79. The molecule has 1 unspecified atom stereocenters. The molecular weight excluding hydrogens is 264 g/mol. The number of furan rings is 1. The molecule has 1 saturated heterocycles. The molecule has 1 atom stereocenters. The number of nitrogens with two attached hydrogens (primary N) is 1. The van der Waals surface area contributed by atoms with Crippen molar-refractivity contribution in [2.45, 2.75) is 25.8 Å². The molecule has 1 fully saturated rings. The molecule has 0 spiro atoms. The maximum absolute atomic E-state index is 12.5. The quantitative estimate of drug-likeness (QED) is 0.819. The minimum absolute atomic E-state index is 0.146. The van der Waals surface area contributed by atoms with Gasteiger partial charge in [0.25, 0.3) is 0 Å². The molecule has 2 rings (SSSR count). The van der Waals surface area contributed by atoms with Crippen LogP contribution in [0.5, 0.6) is 0 Å². The molecule has 0 radical (unpaired) electrons. The number of hydrogen-bond donors (Lipinski definition) is 2. The van der Waals surface area contributed by atoms with Crippen molar-refractivity contribution in [1.82, 2.24) is 5.32 Å². The van der Waals surface area contributed by atoms with E-state index in [9.17, 15) is 4.79 Å². The van der Waals surface area contributed by atoms with Gasteiger partial charge in [0.1, 0.15) is 11.2 Å². The van der Waals surface area contributed by atoms with Crippen LogP contribution < -0.4 is 11.1 Å². The summed E-state index contributed by atoms with van der Waals surface area (Å²) in [7, 11) is 0. The Kier molecular flexibility index (Phi) is 4.21. The van der Waals surface area contributed by atoms with E-state index in [1.807, 2.05) is 13.0 Å². The van der Waals surface area contributed by atoms with Gasteiger partial charge >= 0.3 is 0 Å². The maximum atomic E-state index is 12.5. The van der Waals surface area contributed by atoms with Crippen LogP contribution in [0.4, 0.5) is 0 Å². The first kappa shape index (κ1) is 14.0. The number of carbonyl (C=O) groups excluding carboxylic acids is 1. The monoisotopic (exact) mass is 282 g/mol. The third-order valence-corrected chi connectivity index (χ3v) is 3.96. The molecule has 0 bridgehead atoms. The third-order valence-electron chi connectivity index (χ3n) is 3.57. The highest BCUT2D eigenvalue weighted by molar-refractivity contribution is 7.80. The molecule has 1 aromatic heterocycles. The summed E-state index contributed by atoms with van der Waals surface area (Å²) in [5.41, 5.74) is 4.99. The van der Waals surface area contributed by atoms with E-state index in [1.165, 1.54) is 0 Å². The summed E-state index contributed by atoms with van der Waals surface area (Å²) in [5.74, 6) is 0.561. The summed E-state index contributed by atoms with van der Waals surface area (Å²) >= 11 is 5.09. The Balaban J connectivity index is 2.10. The molecule has 19 heavy (non-hydrogen) atoms. The molecule has 0 aromatic carbocycles. The van der Waals surface area contributed by atoms with Crippen LogP contribution in [-0.2, 0) is 9.53 Å². The zero-order valence-corrected chi connectivity index (χ0v) is 11.7. The molecule has 1 amide bonds. The molecule has 2 heterocycles. The van der Waals surface area contributed by atoms with Crippen LogP contribution in [0.2, 0.25) is 0 Å². The van der Waals surface area contributed by atoms with Gasteiger partial charge in [-0.2, -0.15) is 0 Å². The summed E-state index contributed by atoms with van der Waals surface area (Å²) in [6, 6.07) is 3.40. The van der Waals surface area contributed by atoms with Crippen molar-refractivity contribution in [1.29, 1.82) is 0 Å². The predicted molar refractivity (Wildman–Crippen MR) is 74.5 cm³/mol. The van der Waals surface area contributed by atoms with E-state index in [0.717, 1.165) is 0 Å². The Bertz CT molecular complexity index is 452. The smallest absolute Gasteiger partial charge is 0.233 e. The summed E-state index contributed by atoms with van der Waals surface area (Å²) in [4.78, 5) is 12.7. The topological polar surface area (TPSA) is 77.5 Å². The van der Waals surface area contributed by atoms with Crippen LogP contribution in [0.25, 0.3) is 0 Å². The van der Waals surface area contributed by atoms with Crippen LogP contribution in [0.15, 0.2) is 22.8 Å². The lowest BCUT2D eigenvalue weighted by Gasteiger charge is -2.35. The van der Waals surface area contributed by atoms with Gasteiger partial charge < -0.3 is 20.2 Å². The average molecular weight is 282 g/mol. The fraction of sp³-hybridized carbons (Fsp3) is 0.538. The van der Waals surface area contributed by atoms with Crippen molar-refractivity contribution in [2.24, 2.45) is 11.1 Å². The number of amides is 1. The van der Waals surface area contributed by atoms with E-state index >= 15 is 0 Å². The van der Waals surface area contributed by atoms with Gasteiger partial charge in [-0.3, -0.25) is 4.79 Å². The standard InChI is InChI=1S/C13H18N2O3S/c1-9(10-3-2-6-18-10)15-12(16)13(11(14)19)4-7-17-8-5-13/h2-3,6,9H,4-5,7-8H2,1H3,(H2,14,19)(H,15,16). The molecule has 104 valence electrons. The van der Waals surface area contributed by atoms with Crippen molar-refractivity contribution in [3.63, 3.8) is 0 Å². The van der Waals surface area contributed by atoms with E-state index in [2.05, 4.69) is 5.32 Å². The Hall–Kier alpha value is -1.40. The highest BCUT2D eigenvalue weighted by Gasteiger charge is 2.43. The summed E-state index contributed by atoms with van der Waals surface area (Å²) in [6.45, 7) is 2.86. The molecule has 6 heteroatoms. The van der Waals surface area contributed by atoms with Gasteiger partial charge in [-0.15, -0.1) is 0 Å². The van der Waals surface area contributed by atoms with Gasteiger partial charge in [0.2, 0.25) is 5.91 Å². The number of nitrogens with one attached hydrogen (secondary N) is 1. The van der Waals surface area contributed by atoms with Crippen LogP contribution in [0.1, 0.15) is 31.6 Å². The lowest BCUT2D eigenvalue weighted by atomic mass is 9.79. The second kappa shape index (κ2) is 5.71. The Morgan fingerprint density at radius 3 is 2.74 bits per heavy atom. The SMILES string of the molecule is CC(NC(=O)C1(C(N)=S)CCOCC1)c1ccco1. The summed E-state index contributed by atoms with van der Waals surface area (Å²) < 4.78 is 10.6. The molecule has 0 aliphatic carbocycles. The van der Waals surface area contributed by atoms with E-state index < -0.39 is 5.41 Å². The molecule has 3 N–H and O–H groups in total. The highest BCUT2D eigenvalue weighted by Crippen LogP contribution is 2.32. The fourth-order valence-electron chi connectivity index (χ4n) is 2.25. The number of carbonyl (C=O) groups is 1. The minimum Gasteiger partial charge on any atom is -0.467 e. The van der Waals surface area contributed by atoms with Crippen molar-refractivity contribution in [3.05, 3.63) is 24.2 Å². The van der Waals surface area contributed by atoms with Crippen LogP contribution in [-0.4, -0.2) is 24.1 Å². The van der Waals surface area contributed by atoms with Gasteiger partial charge in [-0.25, -0.2) is 0 Å². The van der Waals surface area contributed by atoms with Crippen molar-refractivity contribution in [2.75, 3.05) is 13.2 Å². The Morgan fingerprint density at radius 2 is 2.21 bits per heavy atom. The van der Waals surface area contributed by atoms with E-state index in [4.69, 9.17) is 27.1 Å². The highest BCUT2D eigenvalue weighted by atomic mass is 32.1. The first-order valence-electron chi connectivity index (χ1n) is 6.28. The Morgan fingerprint density at radius 1 is 1.53 bits per heavy atom. The average Bonchev–Trinajstić information content (AvgIpc) is 2.93. The van der Waals surface area contributed by atoms with Gasteiger partial charge in [0.15, 0.2) is 0 Å². The number of thiocarbonyl (C=S) groups is 1. The second-order valence-corrected chi connectivity index (χ2v) is 5.21. The summed E-state index contributed by atoms with van der Waals surface area (Å²) in [5, 5.41) is 2.92. The molecule has 1 aliphatic rings. The van der Waals surface area contributed by atoms with Crippen molar-refractivity contribution in [3.8, 4) is 0 Å². The van der Waals surface area contributed by atoms with E-state index in [1.54, 1.807) is 12.3 Å². The number of rotatable bonds is 4. The number of hydrogen-bond acceptors (Lipinski definition) is 4. The summed E-state index contributed by atoms with van der Waals surface area (Å²) in [6.07, 6.45) is 2.63. The normalized spacial score (nSPS) is 19.6. The molecular formula is C13H18N2O3S. The number of ether oxygens (including phenoxy) is 1. The Labute approximate surface area is 117 Å². The lowest BCUT2D eigenvalue weighted by molar-refractivity contribution is -0.132. The largest absolute Gasteiger partial charge is 0.467 e. The van der Waals surface area contributed by atoms with E-state index in [0.29, 0.717) is 31.8 Å². The zero-order chi connectivity index (χ0) is 13.9. The van der Waals surface area contributed by atoms with Crippen molar-refractivity contribution >= 4 is 23.1 Å². The van der Waals surface area contributed by atoms with E-state index in [-0.39, 0.29) is 16.9 Å². The first-order chi connectivity index (χ1) is 9.06. The maximum Gasteiger partial charge on any atom is 0.233 e. The zero-order valence-electron chi connectivity index (χ0n) is 10.8. The first-order valence-corrected chi connectivity index (χ1v) is 6.69. The van der Waals surface area contributed by atoms with Gasteiger partial charge in [-0.1, -0.05) is 12.2 Å². The van der Waals surface area contributed by atoms with Gasteiger partial charge in [-0.05, 0) is 31.9 Å². The molecule has 1 aliphatic heterocycles. The second-order valence-electron chi connectivity index (χ2n) is 4.77.